The molecule has 1 aliphatic heterocycles. The Morgan fingerprint density at radius 3 is 2.54 bits per heavy atom. The van der Waals surface area contributed by atoms with Crippen molar-refractivity contribution in [2.45, 2.75) is 44.1 Å². The zero-order chi connectivity index (χ0) is 19.9. The van der Waals surface area contributed by atoms with Gasteiger partial charge < -0.3 is 14.6 Å². The molecule has 0 radical (unpaired) electrons. The number of amides is 1. The van der Waals surface area contributed by atoms with E-state index in [0.29, 0.717) is 44.4 Å². The number of halogens is 2. The number of aromatic nitrogens is 2. The molecule has 0 unspecified atom stereocenters. The zero-order valence-corrected chi connectivity index (χ0v) is 16.2. The van der Waals surface area contributed by atoms with Crippen LogP contribution in [0.2, 0.25) is 0 Å². The number of fused-ring (bicyclic) bond motifs is 1. The van der Waals surface area contributed by atoms with E-state index in [1.54, 1.807) is 29.5 Å². The third kappa shape index (κ3) is 2.59. The second kappa shape index (κ2) is 5.53. The first-order valence-electron chi connectivity index (χ1n) is 9.90. The molecule has 1 N–H and O–H groups in total. The van der Waals surface area contributed by atoms with E-state index < -0.39 is 17.4 Å². The lowest BCUT2D eigenvalue weighted by atomic mass is 9.55. The lowest BCUT2D eigenvalue weighted by Crippen LogP contribution is -2.67. The van der Waals surface area contributed by atoms with Crippen molar-refractivity contribution in [3.8, 4) is 0 Å². The highest BCUT2D eigenvalue weighted by Crippen LogP contribution is 2.59. The number of alkyl halides is 2. The van der Waals surface area contributed by atoms with Crippen LogP contribution in [0.25, 0.3) is 11.0 Å². The second-order valence-corrected chi connectivity index (χ2v) is 9.56. The van der Waals surface area contributed by atoms with Gasteiger partial charge in [-0.2, -0.15) is 8.78 Å². The highest BCUT2D eigenvalue weighted by atomic mass is 19.3. The van der Waals surface area contributed by atoms with Crippen molar-refractivity contribution in [2.75, 3.05) is 13.1 Å². The quantitative estimate of drug-likeness (QED) is 0.878. The summed E-state index contributed by atoms with van der Waals surface area (Å²) in [5.41, 5.74) is -0.460. The Morgan fingerprint density at radius 1 is 1.21 bits per heavy atom. The molecule has 7 heteroatoms. The van der Waals surface area contributed by atoms with Crippen molar-refractivity contribution < 1.29 is 18.7 Å². The van der Waals surface area contributed by atoms with Crippen molar-refractivity contribution in [2.24, 2.45) is 24.3 Å². The smallest absolute Gasteiger partial charge is 0.292 e. The van der Waals surface area contributed by atoms with Gasteiger partial charge in [0.1, 0.15) is 11.3 Å². The molecule has 0 aromatic carbocycles. The standard InChI is InChI=1S/C21H25F2N3O2/c1-19(28)7-14(8-19)18(27)26-11-20(12-26)9-15(10-20)21(22,23)16-4-3-13-5-6-25(2)17(13)24-16/h3-6,14-15,28H,7-12H2,1-2H3. The zero-order valence-electron chi connectivity index (χ0n) is 16.2. The van der Waals surface area contributed by atoms with Crippen molar-refractivity contribution in [1.29, 1.82) is 0 Å². The molecule has 150 valence electrons. The minimum atomic E-state index is -2.96. The van der Waals surface area contributed by atoms with E-state index in [4.69, 9.17) is 0 Å². The third-order valence-corrected chi connectivity index (χ3v) is 7.02. The molecule has 1 spiro atoms. The average Bonchev–Trinajstić information content (AvgIpc) is 2.90. The van der Waals surface area contributed by atoms with Gasteiger partial charge in [0.05, 0.1) is 5.60 Å². The van der Waals surface area contributed by atoms with Crippen molar-refractivity contribution >= 4 is 16.9 Å². The van der Waals surface area contributed by atoms with Gasteiger partial charge in [0.25, 0.3) is 5.92 Å². The molecule has 5 nitrogen and oxygen atoms in total. The maximum Gasteiger partial charge on any atom is 0.292 e. The van der Waals surface area contributed by atoms with Crippen LogP contribution in [0.15, 0.2) is 24.4 Å². The summed E-state index contributed by atoms with van der Waals surface area (Å²) in [6.45, 7) is 2.89. The minimum absolute atomic E-state index is 0.0724. The first kappa shape index (κ1) is 18.0. The normalized spacial score (nSPS) is 29.5. The maximum atomic E-state index is 15.0. The second-order valence-electron chi connectivity index (χ2n) is 9.56. The summed E-state index contributed by atoms with van der Waals surface area (Å²) >= 11 is 0. The molecule has 0 atom stereocenters. The van der Waals surface area contributed by atoms with Crippen LogP contribution in [0, 0.1) is 17.3 Å². The van der Waals surface area contributed by atoms with E-state index in [1.807, 2.05) is 12.3 Å². The maximum absolute atomic E-state index is 15.0. The summed E-state index contributed by atoms with van der Waals surface area (Å²) < 4.78 is 31.8. The number of aliphatic hydroxyl groups is 1. The van der Waals surface area contributed by atoms with Gasteiger partial charge >= 0.3 is 0 Å². The van der Waals surface area contributed by atoms with Gasteiger partial charge in [-0.1, -0.05) is 0 Å². The Labute approximate surface area is 162 Å². The van der Waals surface area contributed by atoms with E-state index in [1.165, 1.54) is 6.07 Å². The Bertz CT molecular complexity index is 946. The fraction of sp³-hybridized carbons (Fsp3) is 0.619. The van der Waals surface area contributed by atoms with Crippen LogP contribution >= 0.6 is 0 Å². The Hall–Kier alpha value is -2.02. The number of likely N-dealkylation sites (tertiary alicyclic amines) is 1. The summed E-state index contributed by atoms with van der Waals surface area (Å²) in [5.74, 6) is -3.71. The summed E-state index contributed by atoms with van der Waals surface area (Å²) in [6, 6.07) is 5.01. The van der Waals surface area contributed by atoms with Gasteiger partial charge in [0, 0.05) is 49.0 Å². The molecule has 1 saturated heterocycles. The molecule has 28 heavy (non-hydrogen) atoms. The molecule has 5 rings (SSSR count). The van der Waals surface area contributed by atoms with Gasteiger partial charge in [-0.3, -0.25) is 4.79 Å². The molecule has 2 saturated carbocycles. The Balaban J connectivity index is 1.22. The number of hydrogen-bond acceptors (Lipinski definition) is 3. The first-order valence-corrected chi connectivity index (χ1v) is 9.90. The minimum Gasteiger partial charge on any atom is -0.390 e. The number of pyridine rings is 1. The largest absolute Gasteiger partial charge is 0.390 e. The average molecular weight is 389 g/mol. The first-order chi connectivity index (χ1) is 13.1. The molecular weight excluding hydrogens is 364 g/mol. The summed E-state index contributed by atoms with van der Waals surface area (Å²) in [5, 5.41) is 10.7. The SMILES string of the molecule is Cn1ccc2ccc(C(F)(F)C3CC4(C3)CN(C(=O)C3CC(C)(O)C3)C4)nc21. The lowest BCUT2D eigenvalue weighted by molar-refractivity contribution is -0.198. The van der Waals surface area contributed by atoms with Crippen molar-refractivity contribution in [3.05, 3.63) is 30.1 Å². The molecular formula is C21H25F2N3O2. The van der Waals surface area contributed by atoms with Crippen LogP contribution in [-0.4, -0.2) is 44.2 Å². The highest BCUT2D eigenvalue weighted by Gasteiger charge is 2.62. The summed E-state index contributed by atoms with van der Waals surface area (Å²) in [7, 11) is 1.80. The Kier molecular flexibility index (Phi) is 3.56. The number of hydrogen-bond donors (Lipinski definition) is 1. The number of nitrogens with zero attached hydrogens (tertiary/aromatic N) is 3. The van der Waals surface area contributed by atoms with Crippen LogP contribution in [0.1, 0.15) is 38.3 Å². The summed E-state index contributed by atoms with van der Waals surface area (Å²) in [6.07, 6.45) is 3.68. The fourth-order valence-corrected chi connectivity index (χ4v) is 5.38. The van der Waals surface area contributed by atoms with E-state index in [2.05, 4.69) is 4.98 Å². The topological polar surface area (TPSA) is 58.4 Å². The predicted octanol–water partition coefficient (Wildman–Crippen LogP) is 3.06. The Morgan fingerprint density at radius 2 is 1.89 bits per heavy atom. The van der Waals surface area contributed by atoms with Gasteiger partial charge in [0.2, 0.25) is 5.91 Å². The highest BCUT2D eigenvalue weighted by molar-refractivity contribution is 5.81. The summed E-state index contributed by atoms with van der Waals surface area (Å²) in [4.78, 5) is 18.4. The van der Waals surface area contributed by atoms with E-state index in [9.17, 15) is 9.90 Å². The van der Waals surface area contributed by atoms with Crippen LogP contribution < -0.4 is 0 Å². The van der Waals surface area contributed by atoms with Gasteiger partial charge in [-0.25, -0.2) is 4.98 Å². The van der Waals surface area contributed by atoms with Crippen LogP contribution in [0.5, 0.6) is 0 Å². The molecule has 3 heterocycles. The number of carbonyl (C=O) groups is 1. The monoisotopic (exact) mass is 389 g/mol. The van der Waals surface area contributed by atoms with Crippen LogP contribution in [-0.2, 0) is 17.8 Å². The van der Waals surface area contributed by atoms with Crippen molar-refractivity contribution in [3.63, 3.8) is 0 Å². The van der Waals surface area contributed by atoms with Crippen LogP contribution in [0.3, 0.4) is 0 Å². The predicted molar refractivity (Wildman–Crippen MR) is 99.7 cm³/mol. The van der Waals surface area contributed by atoms with E-state index in [-0.39, 0.29) is 22.9 Å². The number of carbonyl (C=O) groups excluding carboxylic acids is 1. The lowest BCUT2D eigenvalue weighted by Gasteiger charge is -2.61. The number of aryl methyl sites for hydroxylation is 1. The van der Waals surface area contributed by atoms with Crippen LogP contribution in [0.4, 0.5) is 8.78 Å². The molecule has 1 amide bonds. The van der Waals surface area contributed by atoms with E-state index in [0.717, 1.165) is 5.39 Å². The van der Waals surface area contributed by atoms with Gasteiger partial charge in [-0.15, -0.1) is 0 Å². The molecule has 2 aromatic heterocycles. The fourth-order valence-electron chi connectivity index (χ4n) is 5.38. The van der Waals surface area contributed by atoms with E-state index >= 15 is 8.78 Å². The van der Waals surface area contributed by atoms with Crippen molar-refractivity contribution in [1.82, 2.24) is 14.5 Å². The molecule has 2 aliphatic carbocycles. The third-order valence-electron chi connectivity index (χ3n) is 7.02. The van der Waals surface area contributed by atoms with Gasteiger partial charge in [-0.05, 0) is 50.8 Å². The van der Waals surface area contributed by atoms with Gasteiger partial charge in [0.15, 0.2) is 0 Å². The molecule has 2 aromatic rings. The molecule has 0 bridgehead atoms. The number of rotatable bonds is 3. The molecule has 3 aliphatic rings. The molecule has 3 fully saturated rings.